The molecule has 0 bridgehead atoms. The number of anilines is 1. The molecule has 0 aliphatic carbocycles. The molecule has 1 N–H and O–H groups in total. The number of hydrogen-bond acceptors (Lipinski definition) is 4. The van der Waals surface area contributed by atoms with Gasteiger partial charge in [0.15, 0.2) is 5.78 Å². The summed E-state index contributed by atoms with van der Waals surface area (Å²) in [5.74, 6) is -1.56. The van der Waals surface area contributed by atoms with E-state index in [2.05, 4.69) is 5.32 Å². The first-order valence-corrected chi connectivity index (χ1v) is 8.81. The molecule has 8 heteroatoms. The molecule has 3 aromatic rings. The van der Waals surface area contributed by atoms with Gasteiger partial charge in [0.2, 0.25) is 0 Å². The third-order valence-corrected chi connectivity index (χ3v) is 4.58. The number of amides is 1. The maximum atomic E-state index is 13.3. The van der Waals surface area contributed by atoms with Crippen LogP contribution >= 0.6 is 11.6 Å². The molecule has 1 amide bonds. The Morgan fingerprint density at radius 2 is 1.72 bits per heavy atom. The van der Waals surface area contributed by atoms with Gasteiger partial charge in [-0.15, -0.1) is 0 Å². The number of carbonyl (C=O) groups is 2. The van der Waals surface area contributed by atoms with Gasteiger partial charge in [-0.1, -0.05) is 29.8 Å². The van der Waals surface area contributed by atoms with Crippen LogP contribution in [0.2, 0.25) is 5.02 Å². The lowest BCUT2D eigenvalue weighted by Gasteiger charge is -2.11. The van der Waals surface area contributed by atoms with Gasteiger partial charge in [-0.05, 0) is 48.9 Å². The van der Waals surface area contributed by atoms with Crippen LogP contribution in [-0.2, 0) is 0 Å². The predicted octanol–water partition coefficient (Wildman–Crippen LogP) is 5.18. The number of nitrogens with one attached hydrogen (secondary N) is 1. The van der Waals surface area contributed by atoms with E-state index in [9.17, 15) is 24.1 Å². The van der Waals surface area contributed by atoms with Crippen LogP contribution in [0.15, 0.2) is 60.7 Å². The van der Waals surface area contributed by atoms with Gasteiger partial charge in [-0.25, -0.2) is 4.39 Å². The minimum absolute atomic E-state index is 0.0271. The summed E-state index contributed by atoms with van der Waals surface area (Å²) in [6.07, 6.45) is 0. The Hall–Kier alpha value is -3.58. The summed E-state index contributed by atoms with van der Waals surface area (Å²) in [5, 5.41) is 13.6. The Bertz CT molecular complexity index is 1150. The van der Waals surface area contributed by atoms with E-state index in [-0.39, 0.29) is 21.7 Å². The van der Waals surface area contributed by atoms with Crippen molar-refractivity contribution in [3.05, 3.63) is 104 Å². The molecule has 0 fully saturated rings. The summed E-state index contributed by atoms with van der Waals surface area (Å²) in [6.45, 7) is 1.64. The number of hydrogen-bond donors (Lipinski definition) is 1. The smallest absolute Gasteiger partial charge is 0.288 e. The van der Waals surface area contributed by atoms with Crippen molar-refractivity contribution >= 4 is 34.7 Å². The largest absolute Gasteiger partial charge is 0.322 e. The summed E-state index contributed by atoms with van der Waals surface area (Å²) in [7, 11) is 0. The Labute approximate surface area is 170 Å². The Kier molecular flexibility index (Phi) is 5.70. The van der Waals surface area contributed by atoms with Crippen molar-refractivity contribution in [1.82, 2.24) is 0 Å². The maximum Gasteiger partial charge on any atom is 0.288 e. The molecule has 3 aromatic carbocycles. The molecular formula is C21H14ClFN2O4. The van der Waals surface area contributed by atoms with Gasteiger partial charge in [0.25, 0.3) is 11.6 Å². The fraction of sp³-hybridized carbons (Fsp3) is 0.0476. The van der Waals surface area contributed by atoms with Crippen molar-refractivity contribution in [3.8, 4) is 0 Å². The molecule has 29 heavy (non-hydrogen) atoms. The number of aryl methyl sites for hydroxylation is 1. The van der Waals surface area contributed by atoms with E-state index in [1.807, 2.05) is 0 Å². The second-order valence-electron chi connectivity index (χ2n) is 6.21. The van der Waals surface area contributed by atoms with Crippen LogP contribution in [0.5, 0.6) is 0 Å². The van der Waals surface area contributed by atoms with Crippen molar-refractivity contribution in [3.63, 3.8) is 0 Å². The normalized spacial score (nSPS) is 10.4. The number of rotatable bonds is 5. The van der Waals surface area contributed by atoms with Crippen molar-refractivity contribution in [2.24, 2.45) is 0 Å². The van der Waals surface area contributed by atoms with Crippen LogP contribution in [0.4, 0.5) is 15.8 Å². The van der Waals surface area contributed by atoms with E-state index in [0.29, 0.717) is 11.3 Å². The summed E-state index contributed by atoms with van der Waals surface area (Å²) < 4.78 is 13.3. The number of nitro benzene ring substituents is 1. The molecule has 0 atom stereocenters. The van der Waals surface area contributed by atoms with Gasteiger partial charge in [0.05, 0.1) is 10.5 Å². The zero-order valence-corrected chi connectivity index (χ0v) is 15.9. The van der Waals surface area contributed by atoms with E-state index in [4.69, 9.17) is 11.6 Å². The zero-order chi connectivity index (χ0) is 21.1. The first-order valence-electron chi connectivity index (χ1n) is 8.43. The lowest BCUT2D eigenvalue weighted by Crippen LogP contribution is -2.17. The second-order valence-corrected chi connectivity index (χ2v) is 6.62. The monoisotopic (exact) mass is 412 g/mol. The minimum atomic E-state index is -0.685. The first-order chi connectivity index (χ1) is 13.8. The molecule has 6 nitrogen and oxygen atoms in total. The minimum Gasteiger partial charge on any atom is -0.322 e. The number of halogens is 2. The molecule has 0 heterocycles. The fourth-order valence-corrected chi connectivity index (χ4v) is 2.97. The van der Waals surface area contributed by atoms with Crippen molar-refractivity contribution in [2.75, 3.05) is 5.32 Å². The highest BCUT2D eigenvalue weighted by Crippen LogP contribution is 2.27. The lowest BCUT2D eigenvalue weighted by atomic mass is 9.97. The Morgan fingerprint density at radius 1 is 1.03 bits per heavy atom. The fourth-order valence-electron chi connectivity index (χ4n) is 2.79. The van der Waals surface area contributed by atoms with E-state index >= 15 is 0 Å². The van der Waals surface area contributed by atoms with Crippen molar-refractivity contribution in [2.45, 2.75) is 6.92 Å². The average Bonchev–Trinajstić information content (AvgIpc) is 2.69. The molecule has 3 rings (SSSR count). The van der Waals surface area contributed by atoms with Crippen LogP contribution in [0, 0.1) is 22.9 Å². The summed E-state index contributed by atoms with van der Waals surface area (Å²) in [5.41, 5.74) is 0.706. The molecule has 146 valence electrons. The van der Waals surface area contributed by atoms with Gasteiger partial charge in [0, 0.05) is 22.9 Å². The topological polar surface area (TPSA) is 89.3 Å². The van der Waals surface area contributed by atoms with Crippen molar-refractivity contribution < 1.29 is 18.9 Å². The van der Waals surface area contributed by atoms with Crippen LogP contribution in [0.1, 0.15) is 31.8 Å². The standard InChI is InChI=1S/C21H14ClFN2O4/c1-12-10-14(23)7-9-18(12)24-21(27)16-5-3-2-4-15(16)20(26)13-6-8-17(22)19(11-13)25(28)29/h2-11H,1H3,(H,24,27). The van der Waals surface area contributed by atoms with E-state index < -0.39 is 28.1 Å². The lowest BCUT2D eigenvalue weighted by molar-refractivity contribution is -0.384. The van der Waals surface area contributed by atoms with Gasteiger partial charge in [0.1, 0.15) is 10.8 Å². The van der Waals surface area contributed by atoms with E-state index in [0.717, 1.165) is 6.07 Å². The summed E-state index contributed by atoms with van der Waals surface area (Å²) in [4.78, 5) is 36.1. The van der Waals surface area contributed by atoms with Crippen LogP contribution in [-0.4, -0.2) is 16.6 Å². The Balaban J connectivity index is 1.96. The molecule has 0 saturated carbocycles. The second kappa shape index (κ2) is 8.20. The summed E-state index contributed by atoms with van der Waals surface area (Å²) >= 11 is 5.80. The molecule has 0 saturated heterocycles. The number of nitrogens with zero attached hydrogens (tertiary/aromatic N) is 1. The summed E-state index contributed by atoms with van der Waals surface area (Å²) in [6, 6.07) is 13.7. The number of nitro groups is 1. The molecule has 0 spiro atoms. The van der Waals surface area contributed by atoms with Gasteiger partial charge in [-0.3, -0.25) is 19.7 Å². The van der Waals surface area contributed by atoms with Crippen LogP contribution in [0.3, 0.4) is 0 Å². The third-order valence-electron chi connectivity index (χ3n) is 4.26. The third kappa shape index (κ3) is 4.30. The highest BCUT2D eigenvalue weighted by molar-refractivity contribution is 6.33. The zero-order valence-electron chi connectivity index (χ0n) is 15.1. The quantitative estimate of drug-likeness (QED) is 0.355. The average molecular weight is 413 g/mol. The number of benzene rings is 3. The number of carbonyl (C=O) groups excluding carboxylic acids is 2. The Morgan fingerprint density at radius 3 is 2.38 bits per heavy atom. The molecule has 0 aliphatic heterocycles. The van der Waals surface area contributed by atoms with Crippen LogP contribution < -0.4 is 5.32 Å². The SMILES string of the molecule is Cc1cc(F)ccc1NC(=O)c1ccccc1C(=O)c1ccc(Cl)c([N+](=O)[O-])c1. The van der Waals surface area contributed by atoms with E-state index in [1.54, 1.807) is 19.1 Å². The van der Waals surface area contributed by atoms with Gasteiger partial charge < -0.3 is 5.32 Å². The van der Waals surface area contributed by atoms with Gasteiger partial charge >= 0.3 is 0 Å². The molecule has 0 aliphatic rings. The highest BCUT2D eigenvalue weighted by Gasteiger charge is 2.21. The predicted molar refractivity (Wildman–Crippen MR) is 107 cm³/mol. The first kappa shape index (κ1) is 20.2. The molecule has 0 radical (unpaired) electrons. The highest BCUT2D eigenvalue weighted by atomic mass is 35.5. The maximum absolute atomic E-state index is 13.3. The van der Waals surface area contributed by atoms with E-state index in [1.165, 1.54) is 42.5 Å². The van der Waals surface area contributed by atoms with Gasteiger partial charge in [-0.2, -0.15) is 0 Å². The molecule has 0 aromatic heterocycles. The van der Waals surface area contributed by atoms with Crippen LogP contribution in [0.25, 0.3) is 0 Å². The molecule has 0 unspecified atom stereocenters. The van der Waals surface area contributed by atoms with Crippen molar-refractivity contribution in [1.29, 1.82) is 0 Å². The molecular weight excluding hydrogens is 399 g/mol. The number of ketones is 1.